The molecule has 0 aliphatic carbocycles. The van der Waals surface area contributed by atoms with Gasteiger partial charge in [-0.3, -0.25) is 0 Å². The number of benzene rings is 1. The van der Waals surface area contributed by atoms with Gasteiger partial charge in [-0.2, -0.15) is 12.6 Å². The molecule has 15 heavy (non-hydrogen) atoms. The first-order valence-electron chi connectivity index (χ1n) is 5.14. The highest BCUT2D eigenvalue weighted by Gasteiger charge is 2.19. The van der Waals surface area contributed by atoms with E-state index in [-0.39, 0.29) is 11.2 Å². The van der Waals surface area contributed by atoms with E-state index in [1.807, 2.05) is 12.1 Å². The average Bonchev–Trinajstić information content (AvgIpc) is 2.18. The average molecular weight is 227 g/mol. The highest BCUT2D eigenvalue weighted by molar-refractivity contribution is 7.80. The summed E-state index contributed by atoms with van der Waals surface area (Å²) in [6, 6.07) is 6.71. The number of rotatable bonds is 5. The lowest BCUT2D eigenvalue weighted by Gasteiger charge is -2.25. The van der Waals surface area contributed by atoms with Gasteiger partial charge in [0.1, 0.15) is 5.82 Å². The molecule has 0 bridgehead atoms. The molecule has 0 aliphatic rings. The van der Waals surface area contributed by atoms with Gasteiger partial charge in [0.25, 0.3) is 0 Å². The minimum Gasteiger partial charge on any atom is -0.315 e. The summed E-state index contributed by atoms with van der Waals surface area (Å²) in [5.41, 5.74) is 1.17. The smallest absolute Gasteiger partial charge is 0.123 e. The first kappa shape index (κ1) is 12.5. The Kier molecular flexibility index (Phi) is 4.61. The van der Waals surface area contributed by atoms with Crippen LogP contribution in [0.25, 0.3) is 0 Å². The molecule has 0 atom stereocenters. The second kappa shape index (κ2) is 5.52. The summed E-state index contributed by atoms with van der Waals surface area (Å²) in [7, 11) is 0. The Morgan fingerprint density at radius 2 is 1.87 bits per heavy atom. The predicted octanol–water partition coefficient (Wildman–Crippen LogP) is 2.62. The van der Waals surface area contributed by atoms with Crippen molar-refractivity contribution in [1.82, 2.24) is 5.32 Å². The zero-order chi connectivity index (χ0) is 11.3. The van der Waals surface area contributed by atoms with Crippen LogP contribution in [0.1, 0.15) is 19.4 Å². The first-order valence-corrected chi connectivity index (χ1v) is 5.77. The van der Waals surface area contributed by atoms with Crippen LogP contribution >= 0.6 is 12.6 Å². The molecule has 84 valence electrons. The molecule has 0 aliphatic heterocycles. The molecular formula is C12H18FNS. The SMILES string of the molecule is CC(C)(CNCCS)c1ccc(F)cc1. The third-order valence-corrected chi connectivity index (χ3v) is 2.70. The zero-order valence-corrected chi connectivity index (χ0v) is 10.2. The van der Waals surface area contributed by atoms with Crippen molar-refractivity contribution in [2.45, 2.75) is 19.3 Å². The topological polar surface area (TPSA) is 12.0 Å². The molecule has 0 radical (unpaired) electrons. The lowest BCUT2D eigenvalue weighted by atomic mass is 9.84. The van der Waals surface area contributed by atoms with E-state index in [1.165, 1.54) is 12.1 Å². The van der Waals surface area contributed by atoms with Crippen molar-refractivity contribution in [3.05, 3.63) is 35.6 Å². The molecule has 1 aromatic carbocycles. The fraction of sp³-hybridized carbons (Fsp3) is 0.500. The molecule has 0 spiro atoms. The van der Waals surface area contributed by atoms with Crippen molar-refractivity contribution in [3.63, 3.8) is 0 Å². The summed E-state index contributed by atoms with van der Waals surface area (Å²) in [6.07, 6.45) is 0. The minimum atomic E-state index is -0.183. The Labute approximate surface area is 96.5 Å². The van der Waals surface area contributed by atoms with Gasteiger partial charge in [0.15, 0.2) is 0 Å². The van der Waals surface area contributed by atoms with Crippen molar-refractivity contribution in [2.24, 2.45) is 0 Å². The summed E-state index contributed by atoms with van der Waals surface area (Å²) < 4.78 is 12.8. The Bertz CT molecular complexity index is 295. The van der Waals surface area contributed by atoms with Crippen LogP contribution in [0.3, 0.4) is 0 Å². The molecule has 0 heterocycles. The number of thiol groups is 1. The largest absolute Gasteiger partial charge is 0.315 e. The van der Waals surface area contributed by atoms with Gasteiger partial charge >= 0.3 is 0 Å². The maximum Gasteiger partial charge on any atom is 0.123 e. The van der Waals surface area contributed by atoms with Gasteiger partial charge in [-0.15, -0.1) is 0 Å². The summed E-state index contributed by atoms with van der Waals surface area (Å²) in [6.45, 7) is 6.06. The van der Waals surface area contributed by atoms with Crippen LogP contribution in [0.2, 0.25) is 0 Å². The Hall–Kier alpha value is -0.540. The van der Waals surface area contributed by atoms with E-state index in [9.17, 15) is 4.39 Å². The molecule has 1 nitrogen and oxygen atoms in total. The lowest BCUT2D eigenvalue weighted by molar-refractivity contribution is 0.477. The van der Waals surface area contributed by atoms with Crippen LogP contribution in [0, 0.1) is 5.82 Å². The van der Waals surface area contributed by atoms with E-state index in [0.29, 0.717) is 0 Å². The first-order chi connectivity index (χ1) is 7.06. The predicted molar refractivity (Wildman–Crippen MR) is 66.1 cm³/mol. The standard InChI is InChI=1S/C12H18FNS/c1-12(2,9-14-7-8-15)10-3-5-11(13)6-4-10/h3-6,14-15H,7-9H2,1-2H3. The van der Waals surface area contributed by atoms with Crippen LogP contribution in [-0.4, -0.2) is 18.8 Å². The maximum absolute atomic E-state index is 12.8. The second-order valence-corrected chi connectivity index (χ2v) is 4.74. The number of halogens is 1. The Morgan fingerprint density at radius 1 is 1.27 bits per heavy atom. The molecule has 0 unspecified atom stereocenters. The van der Waals surface area contributed by atoms with Crippen molar-refractivity contribution < 1.29 is 4.39 Å². The molecule has 1 N–H and O–H groups in total. The molecule has 0 amide bonds. The van der Waals surface area contributed by atoms with Crippen LogP contribution in [0.15, 0.2) is 24.3 Å². The summed E-state index contributed by atoms with van der Waals surface area (Å²) >= 11 is 4.14. The van der Waals surface area contributed by atoms with Crippen LogP contribution in [0.4, 0.5) is 4.39 Å². The number of hydrogen-bond acceptors (Lipinski definition) is 2. The minimum absolute atomic E-state index is 0.0245. The lowest BCUT2D eigenvalue weighted by Crippen LogP contribution is -2.33. The van der Waals surface area contributed by atoms with Gasteiger partial charge in [0.05, 0.1) is 0 Å². The molecule has 0 saturated heterocycles. The highest BCUT2D eigenvalue weighted by atomic mass is 32.1. The third kappa shape index (κ3) is 3.84. The molecule has 1 aromatic rings. The Balaban J connectivity index is 2.63. The Morgan fingerprint density at radius 3 is 2.40 bits per heavy atom. The fourth-order valence-electron chi connectivity index (χ4n) is 1.48. The van der Waals surface area contributed by atoms with Crippen LogP contribution in [0.5, 0.6) is 0 Å². The number of hydrogen-bond donors (Lipinski definition) is 2. The van der Waals surface area contributed by atoms with Crippen molar-refractivity contribution >= 4 is 12.6 Å². The van der Waals surface area contributed by atoms with Gasteiger partial charge in [0, 0.05) is 24.3 Å². The third-order valence-electron chi connectivity index (χ3n) is 2.48. The molecule has 0 aromatic heterocycles. The molecule has 1 rings (SSSR count). The van der Waals surface area contributed by atoms with E-state index in [2.05, 4.69) is 31.8 Å². The van der Waals surface area contributed by atoms with E-state index < -0.39 is 0 Å². The normalized spacial score (nSPS) is 11.7. The van der Waals surface area contributed by atoms with Gasteiger partial charge in [0.2, 0.25) is 0 Å². The quantitative estimate of drug-likeness (QED) is 0.582. The summed E-state index contributed by atoms with van der Waals surface area (Å²) in [4.78, 5) is 0. The second-order valence-electron chi connectivity index (χ2n) is 4.29. The van der Waals surface area contributed by atoms with Gasteiger partial charge in [-0.25, -0.2) is 4.39 Å². The van der Waals surface area contributed by atoms with Crippen LogP contribution < -0.4 is 5.32 Å². The van der Waals surface area contributed by atoms with E-state index in [4.69, 9.17) is 0 Å². The van der Waals surface area contributed by atoms with Crippen molar-refractivity contribution in [1.29, 1.82) is 0 Å². The molecule has 0 fully saturated rings. The van der Waals surface area contributed by atoms with Crippen molar-refractivity contribution in [3.8, 4) is 0 Å². The van der Waals surface area contributed by atoms with Gasteiger partial charge < -0.3 is 5.32 Å². The maximum atomic E-state index is 12.8. The van der Waals surface area contributed by atoms with Gasteiger partial charge in [-0.05, 0) is 17.7 Å². The fourth-order valence-corrected chi connectivity index (χ4v) is 1.64. The zero-order valence-electron chi connectivity index (χ0n) is 9.26. The molecule has 3 heteroatoms. The summed E-state index contributed by atoms with van der Waals surface area (Å²) in [5.74, 6) is 0.650. The molecule has 0 saturated carbocycles. The summed E-state index contributed by atoms with van der Waals surface area (Å²) in [5, 5.41) is 3.32. The van der Waals surface area contributed by atoms with Crippen molar-refractivity contribution in [2.75, 3.05) is 18.8 Å². The van der Waals surface area contributed by atoms with E-state index in [1.54, 1.807) is 0 Å². The van der Waals surface area contributed by atoms with E-state index >= 15 is 0 Å². The van der Waals surface area contributed by atoms with Crippen LogP contribution in [-0.2, 0) is 5.41 Å². The monoisotopic (exact) mass is 227 g/mol. The van der Waals surface area contributed by atoms with E-state index in [0.717, 1.165) is 24.4 Å². The number of nitrogens with one attached hydrogen (secondary N) is 1. The highest BCUT2D eigenvalue weighted by Crippen LogP contribution is 2.22. The van der Waals surface area contributed by atoms with Gasteiger partial charge in [-0.1, -0.05) is 26.0 Å². The molecular weight excluding hydrogens is 209 g/mol.